The van der Waals surface area contributed by atoms with Gasteiger partial charge in [-0.2, -0.15) is 0 Å². The van der Waals surface area contributed by atoms with Gasteiger partial charge in [0.05, 0.1) is 6.04 Å². The third kappa shape index (κ3) is 4.45. The van der Waals surface area contributed by atoms with E-state index >= 15 is 0 Å². The Labute approximate surface area is 78.9 Å². The fourth-order valence-electron chi connectivity index (χ4n) is 1.09. The molecule has 0 aliphatic carbocycles. The van der Waals surface area contributed by atoms with Crippen molar-refractivity contribution in [2.24, 2.45) is 5.73 Å². The topological polar surface area (TPSA) is 55.1 Å². The molecule has 0 saturated carbocycles. The van der Waals surface area contributed by atoms with Crippen LogP contribution in [0.1, 0.15) is 19.3 Å². The summed E-state index contributed by atoms with van der Waals surface area (Å²) in [5.74, 6) is -0.213. The second-order valence-electron chi connectivity index (χ2n) is 2.40. The van der Waals surface area contributed by atoms with Gasteiger partial charge in [-0.05, 0) is 19.4 Å². The van der Waals surface area contributed by atoms with Crippen LogP contribution in [-0.2, 0) is 4.79 Å². The summed E-state index contributed by atoms with van der Waals surface area (Å²) in [5.41, 5.74) is 5.07. The summed E-state index contributed by atoms with van der Waals surface area (Å²) in [4.78, 5) is 10.5. The minimum atomic E-state index is -0.213. The number of piperidine rings is 1. The highest BCUT2D eigenvalue weighted by molar-refractivity contribution is 5.85. The van der Waals surface area contributed by atoms with Crippen LogP contribution in [0.2, 0.25) is 0 Å². The lowest BCUT2D eigenvalue weighted by molar-refractivity contribution is -0.120. The molecule has 1 atom stereocenters. The summed E-state index contributed by atoms with van der Waals surface area (Å²) in [6.07, 6.45) is 3.21. The number of hydrogen-bond acceptors (Lipinski definition) is 2. The van der Waals surface area contributed by atoms with Gasteiger partial charge in [0.15, 0.2) is 0 Å². The molecule has 68 valence electrons. The van der Waals surface area contributed by atoms with Gasteiger partial charge in [-0.25, -0.2) is 0 Å². The molecule has 1 aliphatic rings. The predicted molar refractivity (Wildman–Crippen MR) is 49.3 cm³/mol. The van der Waals surface area contributed by atoms with Crippen LogP contribution in [0.5, 0.6) is 0 Å². The molecule has 0 unspecified atom stereocenters. The summed E-state index contributed by atoms with van der Waals surface area (Å²) in [7, 11) is 0. The van der Waals surface area contributed by atoms with Crippen molar-refractivity contribution in [1.82, 2.24) is 5.32 Å². The van der Waals surface area contributed by atoms with Crippen molar-refractivity contribution >= 4 is 30.7 Å². The molecule has 1 aliphatic heterocycles. The number of amides is 1. The minimum absolute atomic E-state index is 0. The highest BCUT2D eigenvalue weighted by atomic mass is 35.5. The largest absolute Gasteiger partial charge is 0.368 e. The molecule has 3 N–H and O–H groups in total. The van der Waals surface area contributed by atoms with Crippen LogP contribution in [0.15, 0.2) is 0 Å². The van der Waals surface area contributed by atoms with E-state index in [1.165, 1.54) is 6.42 Å². The first-order valence-corrected chi connectivity index (χ1v) is 3.33. The Hall–Kier alpha value is 0.01000. The number of nitrogens with two attached hydrogens (primary N) is 1. The second-order valence-corrected chi connectivity index (χ2v) is 2.40. The Morgan fingerprint density at radius 2 is 2.00 bits per heavy atom. The minimum Gasteiger partial charge on any atom is -0.368 e. The molecule has 1 heterocycles. The number of rotatable bonds is 1. The van der Waals surface area contributed by atoms with Crippen molar-refractivity contribution in [1.29, 1.82) is 0 Å². The zero-order valence-corrected chi connectivity index (χ0v) is 7.84. The molecule has 0 bridgehead atoms. The quantitative estimate of drug-likeness (QED) is 0.647. The van der Waals surface area contributed by atoms with E-state index in [1.807, 2.05) is 0 Å². The smallest absolute Gasteiger partial charge is 0.234 e. The van der Waals surface area contributed by atoms with Crippen LogP contribution in [0.4, 0.5) is 0 Å². The van der Waals surface area contributed by atoms with Gasteiger partial charge in [-0.1, -0.05) is 6.42 Å². The van der Waals surface area contributed by atoms with Gasteiger partial charge in [-0.3, -0.25) is 4.79 Å². The van der Waals surface area contributed by atoms with Crippen LogP contribution in [0, 0.1) is 0 Å². The lowest BCUT2D eigenvalue weighted by atomic mass is 10.1. The van der Waals surface area contributed by atoms with Gasteiger partial charge >= 0.3 is 0 Å². The maximum absolute atomic E-state index is 10.5. The number of hydrogen-bond donors (Lipinski definition) is 2. The zero-order valence-electron chi connectivity index (χ0n) is 6.21. The first-order valence-electron chi connectivity index (χ1n) is 3.33. The van der Waals surface area contributed by atoms with Crippen LogP contribution < -0.4 is 11.1 Å². The molecule has 1 saturated heterocycles. The van der Waals surface area contributed by atoms with Crippen molar-refractivity contribution in [3.05, 3.63) is 0 Å². The van der Waals surface area contributed by atoms with E-state index in [-0.39, 0.29) is 36.8 Å². The van der Waals surface area contributed by atoms with E-state index in [9.17, 15) is 4.79 Å². The normalized spacial score (nSPS) is 22.7. The molecular weight excluding hydrogens is 187 g/mol. The number of carbonyl (C=O) groups excluding carboxylic acids is 1. The molecule has 11 heavy (non-hydrogen) atoms. The lowest BCUT2D eigenvalue weighted by Gasteiger charge is -2.19. The molecule has 0 radical (unpaired) electrons. The summed E-state index contributed by atoms with van der Waals surface area (Å²) in [5, 5.41) is 3.04. The number of nitrogens with one attached hydrogen (secondary N) is 1. The Morgan fingerprint density at radius 3 is 2.27 bits per heavy atom. The highest BCUT2D eigenvalue weighted by Crippen LogP contribution is 2.05. The fourth-order valence-corrected chi connectivity index (χ4v) is 1.09. The summed E-state index contributed by atoms with van der Waals surface area (Å²) >= 11 is 0. The molecule has 1 rings (SSSR count). The van der Waals surface area contributed by atoms with E-state index in [0.29, 0.717) is 0 Å². The maximum atomic E-state index is 10.5. The van der Waals surface area contributed by atoms with Gasteiger partial charge in [0, 0.05) is 0 Å². The van der Waals surface area contributed by atoms with Crippen LogP contribution in [-0.4, -0.2) is 18.5 Å². The third-order valence-electron chi connectivity index (χ3n) is 1.65. The summed E-state index contributed by atoms with van der Waals surface area (Å²) in [6.45, 7) is 0.938. The van der Waals surface area contributed by atoms with E-state index in [2.05, 4.69) is 5.32 Å². The average molecular weight is 201 g/mol. The van der Waals surface area contributed by atoms with Crippen molar-refractivity contribution in [3.8, 4) is 0 Å². The Morgan fingerprint density at radius 1 is 1.36 bits per heavy atom. The molecule has 1 amide bonds. The fraction of sp³-hybridized carbons (Fsp3) is 0.833. The standard InChI is InChI=1S/C6H12N2O.2ClH/c7-6(9)5-3-1-2-4-8-5;;/h5,8H,1-4H2,(H2,7,9);2*1H/t5-;;/m0../s1. The van der Waals surface area contributed by atoms with Gasteiger partial charge in [0.25, 0.3) is 0 Å². The number of halogens is 2. The molecule has 1 fully saturated rings. The van der Waals surface area contributed by atoms with Crippen molar-refractivity contribution in [2.75, 3.05) is 6.54 Å². The predicted octanol–water partition coefficient (Wildman–Crippen LogP) is 0.457. The van der Waals surface area contributed by atoms with Crippen molar-refractivity contribution < 1.29 is 4.79 Å². The van der Waals surface area contributed by atoms with Crippen LogP contribution in [0.25, 0.3) is 0 Å². The zero-order chi connectivity index (χ0) is 6.69. The van der Waals surface area contributed by atoms with E-state index < -0.39 is 0 Å². The van der Waals surface area contributed by atoms with Crippen molar-refractivity contribution in [3.63, 3.8) is 0 Å². The molecule has 0 aromatic carbocycles. The summed E-state index contributed by atoms with van der Waals surface area (Å²) in [6, 6.07) is -0.0567. The maximum Gasteiger partial charge on any atom is 0.234 e. The highest BCUT2D eigenvalue weighted by Gasteiger charge is 2.16. The van der Waals surface area contributed by atoms with Crippen LogP contribution in [0.3, 0.4) is 0 Å². The molecular formula is C6H14Cl2N2O. The number of primary amides is 1. The SMILES string of the molecule is Cl.Cl.NC(=O)[C@@H]1CCCCN1. The first-order chi connectivity index (χ1) is 4.30. The molecule has 3 nitrogen and oxygen atoms in total. The monoisotopic (exact) mass is 200 g/mol. The molecule has 5 heteroatoms. The molecule has 0 aromatic heterocycles. The first kappa shape index (κ1) is 13.6. The van der Waals surface area contributed by atoms with Gasteiger partial charge in [-0.15, -0.1) is 24.8 Å². The Bertz CT molecular complexity index is 115. The Balaban J connectivity index is 0. The van der Waals surface area contributed by atoms with Crippen molar-refractivity contribution in [2.45, 2.75) is 25.3 Å². The van der Waals surface area contributed by atoms with Crippen LogP contribution >= 0.6 is 24.8 Å². The molecule has 0 aromatic rings. The lowest BCUT2D eigenvalue weighted by Crippen LogP contribution is -2.44. The van der Waals surface area contributed by atoms with E-state index in [1.54, 1.807) is 0 Å². The average Bonchev–Trinajstić information content (AvgIpc) is 1.90. The van der Waals surface area contributed by atoms with Gasteiger partial charge in [0.2, 0.25) is 5.91 Å². The summed E-state index contributed by atoms with van der Waals surface area (Å²) < 4.78 is 0. The van der Waals surface area contributed by atoms with Gasteiger partial charge in [0.1, 0.15) is 0 Å². The number of carbonyl (C=O) groups is 1. The van der Waals surface area contributed by atoms with E-state index in [0.717, 1.165) is 19.4 Å². The Kier molecular flexibility index (Phi) is 8.28. The van der Waals surface area contributed by atoms with Gasteiger partial charge < -0.3 is 11.1 Å². The second kappa shape index (κ2) is 6.70. The third-order valence-corrected chi connectivity index (χ3v) is 1.65. The molecule has 0 spiro atoms. The van der Waals surface area contributed by atoms with E-state index in [4.69, 9.17) is 5.73 Å².